The number of nitrogens with zero attached hydrogens (tertiary/aromatic N) is 4. The van der Waals surface area contributed by atoms with Crippen LogP contribution in [-0.4, -0.2) is 18.9 Å². The van der Waals surface area contributed by atoms with Gasteiger partial charge in [0.2, 0.25) is 0 Å². The van der Waals surface area contributed by atoms with Crippen LogP contribution in [-0.2, 0) is 0 Å². The van der Waals surface area contributed by atoms with Crippen LogP contribution in [0.25, 0.3) is 100 Å². The average Bonchev–Trinajstić information content (AvgIpc) is 3.89. The van der Waals surface area contributed by atoms with E-state index in [-0.39, 0.29) is 0 Å². The van der Waals surface area contributed by atoms with Gasteiger partial charge < -0.3 is 4.42 Å². The van der Waals surface area contributed by atoms with Crippen LogP contribution in [0.5, 0.6) is 0 Å². The Balaban J connectivity index is 1.15. The second-order valence-electron chi connectivity index (χ2n) is 13.4. The molecule has 0 aliphatic heterocycles. The summed E-state index contributed by atoms with van der Waals surface area (Å²) in [5.41, 5.74) is 14.4. The molecule has 0 bridgehead atoms. The lowest BCUT2D eigenvalue weighted by molar-refractivity contribution is 0.670. The predicted molar refractivity (Wildman–Crippen MR) is 216 cm³/mol. The highest BCUT2D eigenvalue weighted by molar-refractivity contribution is 6.16. The molecule has 0 N–H and O–H groups in total. The fraction of sp³-hybridized carbons (Fsp3) is 0. The zero-order chi connectivity index (χ0) is 34.9. The summed E-state index contributed by atoms with van der Waals surface area (Å²) in [6.07, 6.45) is 0. The van der Waals surface area contributed by atoms with Gasteiger partial charge in [0.1, 0.15) is 16.8 Å². The minimum Gasteiger partial charge on any atom is -0.455 e. The first-order chi connectivity index (χ1) is 26.3. The predicted octanol–water partition coefficient (Wildman–Crippen LogP) is 12.4. The summed E-state index contributed by atoms with van der Waals surface area (Å²) < 4.78 is 11.4. The highest BCUT2D eigenvalue weighted by Crippen LogP contribution is 2.44. The first-order valence-electron chi connectivity index (χ1n) is 17.8. The van der Waals surface area contributed by atoms with E-state index in [1.807, 2.05) is 48.5 Å². The Morgan fingerprint density at radius 2 is 1.02 bits per heavy atom. The van der Waals surface area contributed by atoms with Crippen molar-refractivity contribution in [2.45, 2.75) is 0 Å². The highest BCUT2D eigenvalue weighted by Gasteiger charge is 2.25. The maximum atomic E-state index is 6.64. The highest BCUT2D eigenvalue weighted by atomic mass is 16.3. The molecular weight excluding hydrogens is 649 g/mol. The van der Waals surface area contributed by atoms with Crippen molar-refractivity contribution in [3.63, 3.8) is 0 Å². The molecule has 0 saturated carbocycles. The van der Waals surface area contributed by atoms with E-state index in [1.54, 1.807) is 0 Å². The lowest BCUT2D eigenvalue weighted by atomic mass is 10.0. The van der Waals surface area contributed by atoms with E-state index >= 15 is 0 Å². The number of aromatic nitrogens is 4. The maximum absolute atomic E-state index is 6.64. The van der Waals surface area contributed by atoms with Crippen molar-refractivity contribution in [3.05, 3.63) is 182 Å². The van der Waals surface area contributed by atoms with Gasteiger partial charge in [0.05, 0.1) is 27.9 Å². The third-order valence-electron chi connectivity index (χ3n) is 10.3. The molecule has 0 atom stereocenters. The summed E-state index contributed by atoms with van der Waals surface area (Å²) >= 11 is 0. The summed E-state index contributed by atoms with van der Waals surface area (Å²) in [4.78, 5) is 10.1. The number of furan rings is 1. The molecule has 4 aromatic heterocycles. The molecule has 11 aromatic rings. The summed E-state index contributed by atoms with van der Waals surface area (Å²) in [6, 6.07) is 63.5. The van der Waals surface area contributed by atoms with Crippen molar-refractivity contribution >= 4 is 49.5 Å². The zero-order valence-electron chi connectivity index (χ0n) is 28.5. The standard InChI is InChI=1S/C48H30N4O/c1-3-14-31(15-4-1)39-30-40(50-47(49-39)33-16-5-2-6-17-33)32-26-28-34(29-27-32)51-42-23-10-11-24-43(42)52-41-22-9-7-19-37(41)45(48(51)52)38-21-13-20-36-35-18-8-12-25-44(35)53-46(36)38/h1-30H. The molecule has 7 aromatic carbocycles. The van der Waals surface area contributed by atoms with Crippen LogP contribution < -0.4 is 0 Å². The molecule has 5 heteroatoms. The molecule has 0 spiro atoms. The number of imidazole rings is 1. The maximum Gasteiger partial charge on any atom is 0.160 e. The molecule has 4 heterocycles. The quantitative estimate of drug-likeness (QED) is 0.182. The Morgan fingerprint density at radius 1 is 0.434 bits per heavy atom. The zero-order valence-corrected chi connectivity index (χ0v) is 28.5. The Hall–Kier alpha value is -7.24. The van der Waals surface area contributed by atoms with Crippen LogP contribution in [0.15, 0.2) is 186 Å². The largest absolute Gasteiger partial charge is 0.455 e. The van der Waals surface area contributed by atoms with Crippen LogP contribution in [0.2, 0.25) is 0 Å². The van der Waals surface area contributed by atoms with E-state index < -0.39 is 0 Å². The first-order valence-corrected chi connectivity index (χ1v) is 17.8. The van der Waals surface area contributed by atoms with E-state index in [2.05, 4.69) is 142 Å². The van der Waals surface area contributed by atoms with Crippen LogP contribution in [0, 0.1) is 0 Å². The van der Waals surface area contributed by atoms with E-state index in [1.165, 1.54) is 5.39 Å². The van der Waals surface area contributed by atoms with Crippen molar-refractivity contribution in [2.75, 3.05) is 0 Å². The summed E-state index contributed by atoms with van der Waals surface area (Å²) in [6.45, 7) is 0. The van der Waals surface area contributed by atoms with Gasteiger partial charge in [0.25, 0.3) is 0 Å². The molecule has 0 fully saturated rings. The topological polar surface area (TPSA) is 48.3 Å². The number of benzene rings is 7. The van der Waals surface area contributed by atoms with E-state index in [0.29, 0.717) is 5.82 Å². The second kappa shape index (κ2) is 11.7. The fourth-order valence-electron chi connectivity index (χ4n) is 7.96. The summed E-state index contributed by atoms with van der Waals surface area (Å²) in [5.74, 6) is 0.702. The molecule has 0 saturated heterocycles. The molecular formula is C48H30N4O. The molecule has 53 heavy (non-hydrogen) atoms. The van der Waals surface area contributed by atoms with Gasteiger partial charge >= 0.3 is 0 Å². The Morgan fingerprint density at radius 3 is 1.77 bits per heavy atom. The van der Waals surface area contributed by atoms with Gasteiger partial charge in [0.15, 0.2) is 5.82 Å². The smallest absolute Gasteiger partial charge is 0.160 e. The molecule has 11 rings (SSSR count). The van der Waals surface area contributed by atoms with Crippen LogP contribution in [0.4, 0.5) is 0 Å². The second-order valence-corrected chi connectivity index (χ2v) is 13.4. The summed E-state index contributed by atoms with van der Waals surface area (Å²) in [7, 11) is 0. The molecule has 0 aliphatic carbocycles. The van der Waals surface area contributed by atoms with Crippen molar-refractivity contribution < 1.29 is 4.42 Å². The van der Waals surface area contributed by atoms with Gasteiger partial charge in [-0.1, -0.05) is 140 Å². The van der Waals surface area contributed by atoms with E-state index in [4.69, 9.17) is 14.4 Å². The average molecular weight is 679 g/mol. The van der Waals surface area contributed by atoms with Crippen molar-refractivity contribution in [1.82, 2.24) is 18.9 Å². The number of rotatable bonds is 5. The minimum atomic E-state index is 0.702. The third-order valence-corrected chi connectivity index (χ3v) is 10.3. The number of hydrogen-bond acceptors (Lipinski definition) is 3. The van der Waals surface area contributed by atoms with Crippen molar-refractivity contribution in [3.8, 4) is 50.7 Å². The Kier molecular flexibility index (Phi) is 6.48. The number of fused-ring (bicyclic) bond motifs is 8. The third kappa shape index (κ3) is 4.57. The van der Waals surface area contributed by atoms with E-state index in [0.717, 1.165) is 89.0 Å². The monoisotopic (exact) mass is 678 g/mol. The normalized spacial score (nSPS) is 11.8. The van der Waals surface area contributed by atoms with E-state index in [9.17, 15) is 0 Å². The molecule has 0 radical (unpaired) electrons. The molecule has 5 nitrogen and oxygen atoms in total. The SMILES string of the molecule is c1ccc(-c2cc(-c3ccc(-n4c5ccccc5n5c6ccccc6c(-c6cccc7c6oc6ccccc67)c45)cc3)nc(-c3ccccc3)n2)cc1. The van der Waals surface area contributed by atoms with Crippen molar-refractivity contribution in [1.29, 1.82) is 0 Å². The first kappa shape index (κ1) is 29.5. The number of para-hydroxylation sites is 5. The van der Waals surface area contributed by atoms with Crippen LogP contribution in [0.3, 0.4) is 0 Å². The molecule has 248 valence electrons. The Labute approximate surface area is 304 Å². The van der Waals surface area contributed by atoms with Gasteiger partial charge in [0, 0.05) is 49.7 Å². The summed E-state index contributed by atoms with van der Waals surface area (Å²) in [5, 5.41) is 3.41. The Bertz CT molecular complexity index is 3100. The lowest BCUT2D eigenvalue weighted by Crippen LogP contribution is -1.97. The number of hydrogen-bond donors (Lipinski definition) is 0. The van der Waals surface area contributed by atoms with Gasteiger partial charge in [-0.05, 0) is 42.5 Å². The van der Waals surface area contributed by atoms with Gasteiger partial charge in [-0.2, -0.15) is 0 Å². The van der Waals surface area contributed by atoms with Crippen LogP contribution >= 0.6 is 0 Å². The lowest BCUT2D eigenvalue weighted by Gasteiger charge is -2.12. The molecule has 0 aliphatic rings. The van der Waals surface area contributed by atoms with Crippen LogP contribution in [0.1, 0.15) is 0 Å². The van der Waals surface area contributed by atoms with Gasteiger partial charge in [-0.15, -0.1) is 0 Å². The van der Waals surface area contributed by atoms with Crippen molar-refractivity contribution in [2.24, 2.45) is 0 Å². The minimum absolute atomic E-state index is 0.702. The molecule has 0 unspecified atom stereocenters. The van der Waals surface area contributed by atoms with Gasteiger partial charge in [-0.25, -0.2) is 9.97 Å². The fourth-order valence-corrected chi connectivity index (χ4v) is 7.96. The van der Waals surface area contributed by atoms with Gasteiger partial charge in [-0.3, -0.25) is 8.97 Å². The molecule has 0 amide bonds.